The molecule has 3 heteroatoms. The summed E-state index contributed by atoms with van der Waals surface area (Å²) in [4.78, 5) is 25.1. The normalized spacial score (nSPS) is 9.25. The van der Waals surface area contributed by atoms with Crippen molar-refractivity contribution in [3.63, 3.8) is 0 Å². The Balaban J connectivity index is 2.09. The summed E-state index contributed by atoms with van der Waals surface area (Å²) in [5, 5.41) is 0. The van der Waals surface area contributed by atoms with Crippen molar-refractivity contribution in [2.24, 2.45) is 0 Å². The second-order valence-corrected chi connectivity index (χ2v) is 4.14. The lowest BCUT2D eigenvalue weighted by Gasteiger charge is -2.13. The third-order valence-corrected chi connectivity index (χ3v) is 2.77. The second-order valence-electron chi connectivity index (χ2n) is 4.14. The zero-order valence-corrected chi connectivity index (χ0v) is 11.0. The van der Waals surface area contributed by atoms with E-state index in [1.165, 1.54) is 4.90 Å². The summed E-state index contributed by atoms with van der Waals surface area (Å²) < 4.78 is 0. The zero-order valence-electron chi connectivity index (χ0n) is 11.0. The number of rotatable bonds is 2. The summed E-state index contributed by atoms with van der Waals surface area (Å²) in [5.74, 6) is 3.96. The Morgan fingerprint density at radius 1 is 0.850 bits per heavy atom. The lowest BCUT2D eigenvalue weighted by Crippen LogP contribution is -2.24. The van der Waals surface area contributed by atoms with Gasteiger partial charge in [-0.3, -0.25) is 9.59 Å². The molecular weight excluding hydrogens is 250 g/mol. The highest BCUT2D eigenvalue weighted by Gasteiger charge is 2.07. The average molecular weight is 263 g/mol. The fraction of sp³-hybridized carbons (Fsp3) is 0.0588. The van der Waals surface area contributed by atoms with Gasteiger partial charge < -0.3 is 4.90 Å². The molecule has 0 spiro atoms. The van der Waals surface area contributed by atoms with Crippen molar-refractivity contribution in [1.29, 1.82) is 0 Å². The number of amides is 1. The van der Waals surface area contributed by atoms with Crippen molar-refractivity contribution in [3.8, 4) is 11.8 Å². The van der Waals surface area contributed by atoms with E-state index >= 15 is 0 Å². The third-order valence-electron chi connectivity index (χ3n) is 2.77. The van der Waals surface area contributed by atoms with E-state index in [1.807, 2.05) is 24.3 Å². The topological polar surface area (TPSA) is 37.4 Å². The fourth-order valence-electron chi connectivity index (χ4n) is 1.62. The number of anilines is 1. The number of para-hydroxylation sites is 1. The number of nitrogens with zero attached hydrogens (tertiary/aromatic N) is 1. The number of hydrogen-bond donors (Lipinski definition) is 0. The van der Waals surface area contributed by atoms with E-state index in [9.17, 15) is 9.59 Å². The van der Waals surface area contributed by atoms with Crippen molar-refractivity contribution in [2.75, 3.05) is 11.9 Å². The lowest BCUT2D eigenvalue weighted by atomic mass is 10.1. The standard InChI is InChI=1S/C17H13NO2/c1-18(15-10-6-3-7-11-15)17(20)13-12-16(19)14-8-4-2-5-9-14/h2-11H,1H3. The predicted octanol–water partition coefficient (Wildman–Crippen LogP) is 2.54. The molecule has 0 aliphatic rings. The molecule has 1 amide bonds. The van der Waals surface area contributed by atoms with E-state index in [4.69, 9.17) is 0 Å². The van der Waals surface area contributed by atoms with Gasteiger partial charge in [-0.1, -0.05) is 48.5 Å². The molecule has 0 aromatic heterocycles. The van der Waals surface area contributed by atoms with Crippen LogP contribution < -0.4 is 4.90 Å². The summed E-state index contributed by atoms with van der Waals surface area (Å²) >= 11 is 0. The molecule has 2 rings (SSSR count). The molecule has 0 N–H and O–H groups in total. The van der Waals surface area contributed by atoms with Crippen LogP contribution in [0.3, 0.4) is 0 Å². The smallest absolute Gasteiger partial charge is 0.303 e. The minimum atomic E-state index is -0.416. The molecule has 0 radical (unpaired) electrons. The Hall–Kier alpha value is -2.86. The van der Waals surface area contributed by atoms with Gasteiger partial charge in [0.25, 0.3) is 0 Å². The van der Waals surface area contributed by atoms with E-state index in [2.05, 4.69) is 11.8 Å². The number of ketones is 1. The van der Waals surface area contributed by atoms with Crippen LogP contribution in [0, 0.1) is 11.8 Å². The van der Waals surface area contributed by atoms with E-state index in [0.717, 1.165) is 5.69 Å². The maximum Gasteiger partial charge on any atom is 0.303 e. The van der Waals surface area contributed by atoms with Crippen LogP contribution in [-0.2, 0) is 4.79 Å². The summed E-state index contributed by atoms with van der Waals surface area (Å²) in [6.07, 6.45) is 0. The van der Waals surface area contributed by atoms with Gasteiger partial charge in [0, 0.05) is 24.2 Å². The molecule has 0 aliphatic heterocycles. The summed E-state index contributed by atoms with van der Waals surface area (Å²) in [5.41, 5.74) is 1.22. The summed E-state index contributed by atoms with van der Waals surface area (Å²) in [6.45, 7) is 0. The fourth-order valence-corrected chi connectivity index (χ4v) is 1.62. The first-order valence-electron chi connectivity index (χ1n) is 6.12. The van der Waals surface area contributed by atoms with Crippen LogP contribution in [0.15, 0.2) is 60.7 Å². The van der Waals surface area contributed by atoms with Gasteiger partial charge in [-0.05, 0) is 18.1 Å². The minimum Gasteiger partial charge on any atom is -0.305 e. The highest BCUT2D eigenvalue weighted by Crippen LogP contribution is 2.10. The molecule has 98 valence electrons. The molecule has 0 saturated heterocycles. The minimum absolute atomic E-state index is 0.361. The van der Waals surface area contributed by atoms with Gasteiger partial charge in [-0.25, -0.2) is 0 Å². The summed E-state index contributed by atoms with van der Waals surface area (Å²) in [7, 11) is 1.62. The molecule has 0 fully saturated rings. The van der Waals surface area contributed by atoms with Crippen molar-refractivity contribution < 1.29 is 9.59 Å². The van der Waals surface area contributed by atoms with Gasteiger partial charge in [0.2, 0.25) is 5.78 Å². The Kier molecular flexibility index (Phi) is 4.31. The van der Waals surface area contributed by atoms with Crippen LogP contribution in [0.1, 0.15) is 10.4 Å². The first-order chi connectivity index (χ1) is 9.68. The monoisotopic (exact) mass is 263 g/mol. The largest absolute Gasteiger partial charge is 0.305 e. The molecule has 0 saturated carbocycles. The molecule has 0 atom stereocenters. The number of Topliss-reactive ketones (excluding diaryl/α,β-unsaturated/α-hetero) is 1. The van der Waals surface area contributed by atoms with E-state index in [0.29, 0.717) is 5.56 Å². The van der Waals surface area contributed by atoms with Crippen LogP contribution >= 0.6 is 0 Å². The van der Waals surface area contributed by atoms with Crippen molar-refractivity contribution in [2.45, 2.75) is 0 Å². The Morgan fingerprint density at radius 3 is 2.00 bits per heavy atom. The van der Waals surface area contributed by atoms with E-state index in [1.54, 1.807) is 43.4 Å². The second kappa shape index (κ2) is 6.35. The van der Waals surface area contributed by atoms with Crippen molar-refractivity contribution in [3.05, 3.63) is 66.2 Å². The maximum atomic E-state index is 11.9. The Labute approximate surface area is 117 Å². The van der Waals surface area contributed by atoms with Gasteiger partial charge in [-0.15, -0.1) is 0 Å². The molecule has 2 aromatic rings. The number of benzene rings is 2. The highest BCUT2D eigenvalue weighted by atomic mass is 16.2. The third kappa shape index (κ3) is 3.33. The molecule has 0 unspecified atom stereocenters. The van der Waals surface area contributed by atoms with Gasteiger partial charge in [0.15, 0.2) is 0 Å². The molecule has 2 aromatic carbocycles. The van der Waals surface area contributed by atoms with Crippen LogP contribution in [0.2, 0.25) is 0 Å². The molecular formula is C17H13NO2. The lowest BCUT2D eigenvalue weighted by molar-refractivity contribution is -0.113. The molecule has 0 heterocycles. The van der Waals surface area contributed by atoms with Crippen LogP contribution in [0.4, 0.5) is 5.69 Å². The van der Waals surface area contributed by atoms with Crippen molar-refractivity contribution in [1.82, 2.24) is 0 Å². The molecule has 0 aliphatic carbocycles. The predicted molar refractivity (Wildman–Crippen MR) is 78.4 cm³/mol. The van der Waals surface area contributed by atoms with Crippen LogP contribution in [0.5, 0.6) is 0 Å². The maximum absolute atomic E-state index is 11.9. The van der Waals surface area contributed by atoms with E-state index < -0.39 is 5.91 Å². The molecule has 3 nitrogen and oxygen atoms in total. The first-order valence-corrected chi connectivity index (χ1v) is 6.12. The zero-order chi connectivity index (χ0) is 14.4. The van der Waals surface area contributed by atoms with Crippen LogP contribution in [0.25, 0.3) is 0 Å². The number of carbonyl (C=O) groups excluding carboxylic acids is 2. The van der Waals surface area contributed by atoms with Crippen LogP contribution in [-0.4, -0.2) is 18.7 Å². The Morgan fingerprint density at radius 2 is 1.40 bits per heavy atom. The number of carbonyl (C=O) groups is 2. The van der Waals surface area contributed by atoms with E-state index in [-0.39, 0.29) is 5.78 Å². The number of hydrogen-bond acceptors (Lipinski definition) is 2. The summed E-state index contributed by atoms with van der Waals surface area (Å²) in [6, 6.07) is 17.8. The average Bonchev–Trinajstić information content (AvgIpc) is 2.53. The molecule has 0 bridgehead atoms. The van der Waals surface area contributed by atoms with Crippen molar-refractivity contribution >= 4 is 17.4 Å². The molecule has 20 heavy (non-hydrogen) atoms. The quantitative estimate of drug-likeness (QED) is 0.474. The van der Waals surface area contributed by atoms with Gasteiger partial charge in [0.1, 0.15) is 0 Å². The van der Waals surface area contributed by atoms with Gasteiger partial charge >= 0.3 is 5.91 Å². The first kappa shape index (κ1) is 13.6. The van der Waals surface area contributed by atoms with Gasteiger partial charge in [0.05, 0.1) is 0 Å². The van der Waals surface area contributed by atoms with Gasteiger partial charge in [-0.2, -0.15) is 0 Å². The SMILES string of the molecule is CN(C(=O)C#CC(=O)c1ccccc1)c1ccccc1. The Bertz CT molecular complexity index is 666. The highest BCUT2D eigenvalue weighted by molar-refractivity contribution is 6.15.